The molecule has 18 heteroatoms. The molecule has 0 bridgehead atoms. The lowest BCUT2D eigenvalue weighted by atomic mass is 10.1. The maximum atomic E-state index is 13.6. The zero-order valence-electron chi connectivity index (χ0n) is 16.9. The number of likely N-dealkylation sites (N-methyl/N-ethyl adjacent to an activating group) is 1. The predicted molar refractivity (Wildman–Crippen MR) is 92.8 cm³/mol. The molecule has 1 rings (SSSR count). The summed E-state index contributed by atoms with van der Waals surface area (Å²) in [6, 6.07) is 1.53. The van der Waals surface area contributed by atoms with E-state index in [-0.39, 0.29) is 11.6 Å². The number of rotatable bonds is 5. The van der Waals surface area contributed by atoms with E-state index < -0.39 is 72.8 Å². The molecule has 1 aromatic carbocycles. The Hall–Kier alpha value is -3.11. The van der Waals surface area contributed by atoms with Gasteiger partial charge < -0.3 is 14.4 Å². The Kier molecular flexibility index (Phi) is 11.4. The first-order valence-electron chi connectivity index (χ1n) is 8.42. The molecule has 0 aliphatic carbocycles. The van der Waals surface area contributed by atoms with Gasteiger partial charge in [0.15, 0.2) is 13.2 Å². The highest BCUT2D eigenvalue weighted by Crippen LogP contribution is 2.30. The number of nitrogens with zero attached hydrogens (tertiary/aromatic N) is 1. The fourth-order valence-corrected chi connectivity index (χ4v) is 1.80. The van der Waals surface area contributed by atoms with Gasteiger partial charge in [-0.25, -0.2) is 14.0 Å². The van der Waals surface area contributed by atoms with Crippen molar-refractivity contribution in [3.63, 3.8) is 0 Å². The Bertz CT molecular complexity index is 929. The van der Waals surface area contributed by atoms with Crippen LogP contribution < -0.4 is 0 Å². The van der Waals surface area contributed by atoms with Crippen LogP contribution in [0.3, 0.4) is 0 Å². The van der Waals surface area contributed by atoms with E-state index in [0.29, 0.717) is 11.0 Å². The monoisotopic (exact) mass is 551 g/mol. The highest BCUT2D eigenvalue weighted by molar-refractivity contribution is 6.80. The number of hydrogen-bond donors (Lipinski definition) is 0. The SMILES string of the molecule is CN(Cc1ccc(C(F)(F)F)cc1F)C(=O)C(=O)OCC(F)(F)F.O=C(Cl)C(=O)OCC(F)(F)F. The van der Waals surface area contributed by atoms with Crippen molar-refractivity contribution in [2.24, 2.45) is 0 Å². The van der Waals surface area contributed by atoms with Gasteiger partial charge in [-0.05, 0) is 23.7 Å². The molecule has 0 atom stereocenters. The summed E-state index contributed by atoms with van der Waals surface area (Å²) in [6.07, 6.45) is -14.2. The molecule has 0 aliphatic rings. The van der Waals surface area contributed by atoms with Crippen LogP contribution in [0.4, 0.5) is 43.9 Å². The molecule has 35 heavy (non-hydrogen) atoms. The van der Waals surface area contributed by atoms with E-state index >= 15 is 0 Å². The molecular weight excluding hydrogens is 540 g/mol. The quantitative estimate of drug-likeness (QED) is 0.240. The normalized spacial score (nSPS) is 11.7. The lowest BCUT2D eigenvalue weighted by Gasteiger charge is -2.17. The predicted octanol–water partition coefficient (Wildman–Crippen LogP) is 3.77. The molecule has 0 radical (unpaired) electrons. The van der Waals surface area contributed by atoms with E-state index in [1.165, 1.54) is 0 Å². The van der Waals surface area contributed by atoms with Gasteiger partial charge in [0.2, 0.25) is 0 Å². The summed E-state index contributed by atoms with van der Waals surface area (Å²) < 4.78 is 127. The first-order chi connectivity index (χ1) is 15.6. The van der Waals surface area contributed by atoms with Crippen LogP contribution >= 0.6 is 11.6 Å². The number of amides is 1. The van der Waals surface area contributed by atoms with E-state index in [1.54, 1.807) is 0 Å². The Morgan fingerprint density at radius 2 is 1.31 bits per heavy atom. The van der Waals surface area contributed by atoms with Crippen LogP contribution in [0, 0.1) is 5.82 Å². The summed E-state index contributed by atoms with van der Waals surface area (Å²) in [4.78, 5) is 42.9. The van der Waals surface area contributed by atoms with Crippen molar-refractivity contribution in [3.8, 4) is 0 Å². The first-order valence-corrected chi connectivity index (χ1v) is 8.79. The number of carbonyl (C=O) groups excluding carboxylic acids is 4. The van der Waals surface area contributed by atoms with Crippen molar-refractivity contribution < 1.29 is 72.6 Å². The van der Waals surface area contributed by atoms with Gasteiger partial charge in [0, 0.05) is 19.2 Å². The number of benzene rings is 1. The molecule has 198 valence electrons. The maximum Gasteiger partial charge on any atom is 0.422 e. The van der Waals surface area contributed by atoms with Gasteiger partial charge in [-0.1, -0.05) is 6.07 Å². The van der Waals surface area contributed by atoms with Crippen molar-refractivity contribution in [2.45, 2.75) is 25.1 Å². The number of esters is 2. The Morgan fingerprint density at radius 1 is 0.857 bits per heavy atom. The zero-order valence-corrected chi connectivity index (χ0v) is 17.7. The second kappa shape index (κ2) is 12.6. The van der Waals surface area contributed by atoms with Crippen LogP contribution in [0.1, 0.15) is 11.1 Å². The van der Waals surface area contributed by atoms with Gasteiger partial charge in [-0.15, -0.1) is 0 Å². The summed E-state index contributed by atoms with van der Waals surface area (Å²) in [7, 11) is 0.953. The molecule has 0 unspecified atom stereocenters. The first kappa shape index (κ1) is 31.9. The third-order valence-corrected chi connectivity index (χ3v) is 3.36. The van der Waals surface area contributed by atoms with Crippen molar-refractivity contribution in [1.29, 1.82) is 0 Å². The van der Waals surface area contributed by atoms with Gasteiger partial charge in [-0.2, -0.15) is 39.5 Å². The summed E-state index contributed by atoms with van der Waals surface area (Å²) in [5.74, 6) is -6.31. The number of carbonyl (C=O) groups is 4. The van der Waals surface area contributed by atoms with Crippen LogP contribution in [0.15, 0.2) is 18.2 Å². The highest BCUT2D eigenvalue weighted by Gasteiger charge is 2.33. The second-order valence-electron chi connectivity index (χ2n) is 6.12. The van der Waals surface area contributed by atoms with Gasteiger partial charge >= 0.3 is 41.6 Å². The summed E-state index contributed by atoms with van der Waals surface area (Å²) in [5, 5.41) is -1.57. The van der Waals surface area contributed by atoms with Crippen LogP contribution in [0.2, 0.25) is 0 Å². The molecule has 0 heterocycles. The fraction of sp³-hybridized carbons (Fsp3) is 0.412. The largest absolute Gasteiger partial charge is 0.449 e. The molecule has 1 aromatic rings. The minimum atomic E-state index is -4.83. The summed E-state index contributed by atoms with van der Waals surface area (Å²) in [5.41, 5.74) is -1.61. The van der Waals surface area contributed by atoms with Crippen molar-refractivity contribution in [3.05, 3.63) is 35.1 Å². The average molecular weight is 552 g/mol. The topological polar surface area (TPSA) is 90.0 Å². The fourth-order valence-electron chi connectivity index (χ4n) is 1.75. The van der Waals surface area contributed by atoms with Crippen molar-refractivity contribution in [2.75, 3.05) is 20.3 Å². The zero-order chi connectivity index (χ0) is 27.8. The third kappa shape index (κ3) is 13.4. The Morgan fingerprint density at radius 3 is 1.69 bits per heavy atom. The minimum Gasteiger partial charge on any atom is -0.449 e. The van der Waals surface area contributed by atoms with Gasteiger partial charge in [0.05, 0.1) is 5.56 Å². The molecule has 1 amide bonds. The molecule has 0 N–H and O–H groups in total. The number of hydrogen-bond acceptors (Lipinski definition) is 6. The van der Waals surface area contributed by atoms with Crippen LogP contribution in [-0.4, -0.2) is 60.6 Å². The second-order valence-corrected chi connectivity index (χ2v) is 6.46. The van der Waals surface area contributed by atoms with Gasteiger partial charge in [0.25, 0.3) is 0 Å². The molecule has 0 saturated heterocycles. The van der Waals surface area contributed by atoms with Crippen LogP contribution in [0.5, 0.6) is 0 Å². The molecule has 0 fully saturated rings. The highest BCUT2D eigenvalue weighted by atomic mass is 35.5. The molecule has 0 saturated carbocycles. The average Bonchev–Trinajstić information content (AvgIpc) is 2.69. The van der Waals surface area contributed by atoms with Crippen LogP contribution in [-0.2, 0) is 41.4 Å². The lowest BCUT2D eigenvalue weighted by Crippen LogP contribution is -2.36. The van der Waals surface area contributed by atoms with Gasteiger partial charge in [0.1, 0.15) is 5.82 Å². The Labute approximate surface area is 193 Å². The molecule has 7 nitrogen and oxygen atoms in total. The smallest absolute Gasteiger partial charge is 0.422 e. The number of ether oxygens (including phenoxy) is 2. The van der Waals surface area contributed by atoms with E-state index in [0.717, 1.165) is 13.1 Å². The van der Waals surface area contributed by atoms with Crippen molar-refractivity contribution in [1.82, 2.24) is 4.90 Å². The van der Waals surface area contributed by atoms with E-state index in [4.69, 9.17) is 0 Å². The lowest BCUT2D eigenvalue weighted by molar-refractivity contribution is -0.189. The van der Waals surface area contributed by atoms with E-state index in [1.807, 2.05) is 0 Å². The number of halogens is 11. The maximum absolute atomic E-state index is 13.6. The van der Waals surface area contributed by atoms with Gasteiger partial charge in [-0.3, -0.25) is 9.59 Å². The summed E-state index contributed by atoms with van der Waals surface area (Å²) in [6.45, 7) is -4.41. The Balaban J connectivity index is 0.000000883. The number of alkyl halides is 9. The van der Waals surface area contributed by atoms with E-state index in [2.05, 4.69) is 21.1 Å². The van der Waals surface area contributed by atoms with Crippen molar-refractivity contribution >= 4 is 34.7 Å². The third-order valence-electron chi connectivity index (χ3n) is 3.20. The van der Waals surface area contributed by atoms with Crippen LogP contribution in [0.25, 0.3) is 0 Å². The molecular formula is C17H12ClF10NO6. The molecule has 0 spiro atoms. The van der Waals surface area contributed by atoms with E-state index in [9.17, 15) is 63.1 Å². The standard InChI is InChI=1S/C13H10F7NO3.C4H2ClF3O3/c1-21(10(22)11(23)24-6-12(15,16)17)5-7-2-3-8(4-9(7)14)13(18,19)20;5-2(9)3(10)11-1-4(6,7)8/h2-4H,5-6H2,1H3;1H2. The summed E-state index contributed by atoms with van der Waals surface area (Å²) >= 11 is 4.48. The molecule has 0 aliphatic heterocycles. The minimum absolute atomic E-state index is 0.204. The molecule has 0 aromatic heterocycles.